The van der Waals surface area contributed by atoms with Gasteiger partial charge in [0.25, 0.3) is 0 Å². The first kappa shape index (κ1) is 10.2. The molecule has 4 rings (SSSR count). The molecule has 0 atom stereocenters. The van der Waals surface area contributed by atoms with Gasteiger partial charge >= 0.3 is 0 Å². The summed E-state index contributed by atoms with van der Waals surface area (Å²) in [7, 11) is 0. The van der Waals surface area contributed by atoms with Crippen molar-refractivity contribution in [2.75, 3.05) is 5.73 Å². The van der Waals surface area contributed by atoms with E-state index in [0.29, 0.717) is 0 Å². The average molecular weight is 235 g/mol. The molecule has 18 heavy (non-hydrogen) atoms. The molecular weight excluding hydrogens is 218 g/mol. The van der Waals surface area contributed by atoms with Gasteiger partial charge in [-0.3, -0.25) is 0 Å². The maximum atomic E-state index is 5.89. The third-order valence-electron chi connectivity index (χ3n) is 4.37. The van der Waals surface area contributed by atoms with Crippen LogP contribution in [0.25, 0.3) is 11.1 Å². The number of hydrogen-bond donors (Lipinski definition) is 1. The molecule has 0 bridgehead atoms. The highest BCUT2D eigenvalue weighted by Crippen LogP contribution is 2.40. The fourth-order valence-corrected chi connectivity index (χ4v) is 3.46. The smallest absolute Gasteiger partial charge is 0.0317 e. The molecule has 0 saturated heterocycles. The normalized spacial score (nSPS) is 16.0. The molecule has 2 aliphatic carbocycles. The summed E-state index contributed by atoms with van der Waals surface area (Å²) in [6, 6.07) is 11.2. The van der Waals surface area contributed by atoms with Crippen molar-refractivity contribution < 1.29 is 0 Å². The lowest BCUT2D eigenvalue weighted by atomic mass is 9.88. The zero-order valence-corrected chi connectivity index (χ0v) is 10.5. The molecule has 2 N–H and O–H groups in total. The van der Waals surface area contributed by atoms with Crippen molar-refractivity contribution >= 4 is 5.69 Å². The van der Waals surface area contributed by atoms with Gasteiger partial charge in [0.15, 0.2) is 0 Å². The Morgan fingerprint density at radius 3 is 2.28 bits per heavy atom. The van der Waals surface area contributed by atoms with Crippen LogP contribution in [0.5, 0.6) is 0 Å². The third kappa shape index (κ3) is 1.40. The molecule has 0 unspecified atom stereocenters. The van der Waals surface area contributed by atoms with Crippen molar-refractivity contribution in [3.63, 3.8) is 0 Å². The van der Waals surface area contributed by atoms with Gasteiger partial charge in [0, 0.05) is 5.69 Å². The van der Waals surface area contributed by atoms with Crippen LogP contribution in [-0.4, -0.2) is 0 Å². The van der Waals surface area contributed by atoms with Crippen LogP contribution in [0.2, 0.25) is 0 Å². The standard InChI is InChI=1S/C17H17N/c18-15-5-6-16-14(9-15)8-13-7-11-3-1-2-4-12(11)10-17(13)16/h5-7,9-10H,1-4,8,18H2. The van der Waals surface area contributed by atoms with Crippen molar-refractivity contribution in [1.29, 1.82) is 0 Å². The second kappa shape index (κ2) is 3.61. The summed E-state index contributed by atoms with van der Waals surface area (Å²) in [5.74, 6) is 0. The fraction of sp³-hybridized carbons (Fsp3) is 0.294. The van der Waals surface area contributed by atoms with E-state index in [9.17, 15) is 0 Å². The van der Waals surface area contributed by atoms with E-state index in [2.05, 4.69) is 24.3 Å². The van der Waals surface area contributed by atoms with Gasteiger partial charge in [0.1, 0.15) is 0 Å². The lowest BCUT2D eigenvalue weighted by Gasteiger charge is -2.17. The number of aryl methyl sites for hydroxylation is 2. The summed E-state index contributed by atoms with van der Waals surface area (Å²) >= 11 is 0. The van der Waals surface area contributed by atoms with E-state index in [1.54, 1.807) is 11.1 Å². The lowest BCUT2D eigenvalue weighted by Crippen LogP contribution is -2.03. The Kier molecular flexibility index (Phi) is 2.05. The molecule has 0 radical (unpaired) electrons. The maximum absolute atomic E-state index is 5.89. The van der Waals surface area contributed by atoms with Crippen molar-refractivity contribution in [2.45, 2.75) is 32.1 Å². The fourth-order valence-electron chi connectivity index (χ4n) is 3.46. The summed E-state index contributed by atoms with van der Waals surface area (Å²) < 4.78 is 0. The number of benzene rings is 2. The molecular formula is C17H17N. The number of anilines is 1. The molecule has 2 aromatic carbocycles. The van der Waals surface area contributed by atoms with E-state index in [0.717, 1.165) is 12.1 Å². The SMILES string of the molecule is Nc1ccc2c(c1)Cc1cc3c(cc1-2)CCCC3. The highest BCUT2D eigenvalue weighted by molar-refractivity contribution is 5.79. The van der Waals surface area contributed by atoms with E-state index >= 15 is 0 Å². The molecule has 0 aliphatic heterocycles. The highest BCUT2D eigenvalue weighted by atomic mass is 14.5. The van der Waals surface area contributed by atoms with Gasteiger partial charge in [-0.2, -0.15) is 0 Å². The van der Waals surface area contributed by atoms with Crippen LogP contribution in [0.1, 0.15) is 35.1 Å². The molecule has 0 spiro atoms. The zero-order chi connectivity index (χ0) is 12.1. The Morgan fingerprint density at radius 2 is 1.44 bits per heavy atom. The highest BCUT2D eigenvalue weighted by Gasteiger charge is 2.21. The Balaban J connectivity index is 1.91. The zero-order valence-electron chi connectivity index (χ0n) is 10.5. The Hall–Kier alpha value is -1.76. The second-order valence-corrected chi connectivity index (χ2v) is 5.58. The molecule has 1 nitrogen and oxygen atoms in total. The molecule has 0 aromatic heterocycles. The summed E-state index contributed by atoms with van der Waals surface area (Å²) in [5.41, 5.74) is 15.7. The van der Waals surface area contributed by atoms with Crippen molar-refractivity contribution in [1.82, 2.24) is 0 Å². The van der Waals surface area contributed by atoms with Crippen LogP contribution < -0.4 is 5.73 Å². The maximum Gasteiger partial charge on any atom is 0.0317 e. The summed E-state index contributed by atoms with van der Waals surface area (Å²) in [6.45, 7) is 0. The first-order valence-electron chi connectivity index (χ1n) is 6.85. The number of hydrogen-bond acceptors (Lipinski definition) is 1. The van der Waals surface area contributed by atoms with Gasteiger partial charge in [-0.15, -0.1) is 0 Å². The van der Waals surface area contributed by atoms with Gasteiger partial charge in [-0.25, -0.2) is 0 Å². The molecule has 0 saturated carbocycles. The Morgan fingerprint density at radius 1 is 0.722 bits per heavy atom. The monoisotopic (exact) mass is 235 g/mol. The molecule has 0 fully saturated rings. The predicted octanol–water partition coefficient (Wildman–Crippen LogP) is 3.72. The predicted molar refractivity (Wildman–Crippen MR) is 75.7 cm³/mol. The lowest BCUT2D eigenvalue weighted by molar-refractivity contribution is 0.685. The van der Waals surface area contributed by atoms with Crippen LogP contribution in [0.3, 0.4) is 0 Å². The Labute approximate surface area is 108 Å². The van der Waals surface area contributed by atoms with Crippen LogP contribution in [0.15, 0.2) is 30.3 Å². The number of rotatable bonds is 0. The minimum atomic E-state index is 0.881. The Bertz CT molecular complexity index is 640. The van der Waals surface area contributed by atoms with Crippen LogP contribution in [0.4, 0.5) is 5.69 Å². The summed E-state index contributed by atoms with van der Waals surface area (Å²) in [6.07, 6.45) is 6.28. The largest absolute Gasteiger partial charge is 0.399 e. The van der Waals surface area contributed by atoms with E-state index in [1.807, 2.05) is 6.07 Å². The average Bonchev–Trinajstić information content (AvgIpc) is 2.72. The molecule has 0 amide bonds. The minimum absolute atomic E-state index is 0.881. The molecule has 90 valence electrons. The minimum Gasteiger partial charge on any atom is -0.399 e. The molecule has 1 heteroatoms. The van der Waals surface area contributed by atoms with Crippen LogP contribution >= 0.6 is 0 Å². The summed E-state index contributed by atoms with van der Waals surface area (Å²) in [4.78, 5) is 0. The van der Waals surface area contributed by atoms with Crippen molar-refractivity contribution in [3.05, 3.63) is 52.6 Å². The molecule has 0 heterocycles. The van der Waals surface area contributed by atoms with Gasteiger partial charge in [0.2, 0.25) is 0 Å². The van der Waals surface area contributed by atoms with E-state index < -0.39 is 0 Å². The number of fused-ring (bicyclic) bond motifs is 4. The topological polar surface area (TPSA) is 26.0 Å². The van der Waals surface area contributed by atoms with Gasteiger partial charge in [0.05, 0.1) is 0 Å². The summed E-state index contributed by atoms with van der Waals surface area (Å²) in [5, 5.41) is 0. The van der Waals surface area contributed by atoms with E-state index in [-0.39, 0.29) is 0 Å². The van der Waals surface area contributed by atoms with Gasteiger partial charge in [-0.1, -0.05) is 18.2 Å². The van der Waals surface area contributed by atoms with E-state index in [4.69, 9.17) is 5.73 Å². The first-order chi connectivity index (χ1) is 8.81. The van der Waals surface area contributed by atoms with Gasteiger partial charge in [-0.05, 0) is 77.6 Å². The van der Waals surface area contributed by atoms with Crippen molar-refractivity contribution in [2.24, 2.45) is 0 Å². The number of nitrogens with two attached hydrogens (primary N) is 1. The number of nitrogen functional groups attached to an aromatic ring is 1. The second-order valence-electron chi connectivity index (χ2n) is 5.58. The molecule has 2 aromatic rings. The first-order valence-corrected chi connectivity index (χ1v) is 6.85. The van der Waals surface area contributed by atoms with Crippen LogP contribution in [0, 0.1) is 0 Å². The van der Waals surface area contributed by atoms with E-state index in [1.165, 1.54) is 47.9 Å². The van der Waals surface area contributed by atoms with Crippen LogP contribution in [-0.2, 0) is 19.3 Å². The van der Waals surface area contributed by atoms with Crippen molar-refractivity contribution in [3.8, 4) is 11.1 Å². The third-order valence-corrected chi connectivity index (χ3v) is 4.37. The molecule has 2 aliphatic rings. The quantitative estimate of drug-likeness (QED) is 0.590. The van der Waals surface area contributed by atoms with Gasteiger partial charge < -0.3 is 5.73 Å².